The van der Waals surface area contributed by atoms with Gasteiger partial charge in [-0.2, -0.15) is 0 Å². The molecule has 10 nitrogen and oxygen atoms in total. The van der Waals surface area contributed by atoms with E-state index in [0.29, 0.717) is 36.6 Å². The molecule has 0 aliphatic carbocycles. The smallest absolute Gasteiger partial charge is 0.287 e. The number of hydrogen-bond donors (Lipinski definition) is 2. The first kappa shape index (κ1) is 28.7. The Morgan fingerprint density at radius 3 is 2.48 bits per heavy atom. The molecule has 1 aliphatic heterocycles. The Bertz CT molecular complexity index is 1260. The van der Waals surface area contributed by atoms with Gasteiger partial charge in [-0.3, -0.25) is 14.4 Å². The van der Waals surface area contributed by atoms with Gasteiger partial charge in [0.1, 0.15) is 6.04 Å². The normalized spacial score (nSPS) is 15.2. The van der Waals surface area contributed by atoms with Crippen molar-refractivity contribution in [2.75, 3.05) is 40.5 Å². The van der Waals surface area contributed by atoms with E-state index in [1.54, 1.807) is 24.3 Å². The van der Waals surface area contributed by atoms with Crippen molar-refractivity contribution in [1.82, 2.24) is 15.5 Å². The van der Waals surface area contributed by atoms with E-state index in [1.165, 1.54) is 31.4 Å². The van der Waals surface area contributed by atoms with Crippen LogP contribution in [0.3, 0.4) is 0 Å². The molecule has 0 saturated carbocycles. The second-order valence-electron chi connectivity index (χ2n) is 9.38. The first-order valence-electron chi connectivity index (χ1n) is 13.3. The second kappa shape index (κ2) is 14.2. The fourth-order valence-electron chi connectivity index (χ4n) is 4.66. The molecule has 1 saturated heterocycles. The highest BCUT2D eigenvalue weighted by atomic mass is 16.5. The van der Waals surface area contributed by atoms with Crippen molar-refractivity contribution in [2.24, 2.45) is 0 Å². The molecule has 0 bridgehead atoms. The molecule has 0 radical (unpaired) electrons. The van der Waals surface area contributed by atoms with E-state index in [2.05, 4.69) is 10.6 Å². The van der Waals surface area contributed by atoms with Gasteiger partial charge in [0.25, 0.3) is 5.91 Å². The van der Waals surface area contributed by atoms with E-state index in [1.807, 2.05) is 30.3 Å². The monoisotopic (exact) mass is 549 g/mol. The third kappa shape index (κ3) is 7.41. The van der Waals surface area contributed by atoms with Gasteiger partial charge in [-0.1, -0.05) is 36.4 Å². The fraction of sp³-hybridized carbons (Fsp3) is 0.367. The van der Waals surface area contributed by atoms with Crippen molar-refractivity contribution < 1.29 is 33.0 Å². The first-order chi connectivity index (χ1) is 19.5. The van der Waals surface area contributed by atoms with Gasteiger partial charge in [-0.15, -0.1) is 0 Å². The zero-order valence-electron chi connectivity index (χ0n) is 22.8. The van der Waals surface area contributed by atoms with Crippen LogP contribution >= 0.6 is 0 Å². The molecule has 10 heteroatoms. The zero-order valence-corrected chi connectivity index (χ0v) is 22.8. The van der Waals surface area contributed by atoms with Gasteiger partial charge in [0, 0.05) is 19.7 Å². The minimum Gasteiger partial charge on any atom is -0.493 e. The average molecular weight is 550 g/mol. The summed E-state index contributed by atoms with van der Waals surface area (Å²) in [7, 11) is 3.04. The number of carbonyl (C=O) groups excluding carboxylic acids is 3. The van der Waals surface area contributed by atoms with Crippen molar-refractivity contribution in [3.8, 4) is 11.5 Å². The van der Waals surface area contributed by atoms with Gasteiger partial charge in [0.15, 0.2) is 17.3 Å². The summed E-state index contributed by atoms with van der Waals surface area (Å²) in [5, 5.41) is 5.58. The molecule has 40 heavy (non-hydrogen) atoms. The second-order valence-corrected chi connectivity index (χ2v) is 9.38. The molecule has 0 spiro atoms. The van der Waals surface area contributed by atoms with Crippen molar-refractivity contribution in [3.63, 3.8) is 0 Å². The van der Waals surface area contributed by atoms with Crippen LogP contribution < -0.4 is 20.1 Å². The van der Waals surface area contributed by atoms with Crippen LogP contribution in [0.25, 0.3) is 0 Å². The number of rotatable bonds is 13. The fourth-order valence-corrected chi connectivity index (χ4v) is 4.66. The lowest BCUT2D eigenvalue weighted by atomic mass is 10.0. The van der Waals surface area contributed by atoms with Crippen LogP contribution in [0, 0.1) is 0 Å². The Morgan fingerprint density at radius 1 is 1.00 bits per heavy atom. The highest BCUT2D eigenvalue weighted by Gasteiger charge is 2.33. The molecule has 2 aromatic carbocycles. The van der Waals surface area contributed by atoms with Gasteiger partial charge in [-0.25, -0.2) is 0 Å². The summed E-state index contributed by atoms with van der Waals surface area (Å²) >= 11 is 0. The predicted molar refractivity (Wildman–Crippen MR) is 147 cm³/mol. The molecular formula is C30H35N3O7. The molecule has 1 aromatic heterocycles. The highest BCUT2D eigenvalue weighted by Crippen LogP contribution is 2.32. The Balaban J connectivity index is 1.63. The predicted octanol–water partition coefficient (Wildman–Crippen LogP) is 3.13. The van der Waals surface area contributed by atoms with Gasteiger partial charge in [0.05, 0.1) is 33.1 Å². The quantitative estimate of drug-likeness (QED) is 0.336. The molecule has 3 aromatic rings. The highest BCUT2D eigenvalue weighted by molar-refractivity contribution is 5.95. The molecule has 2 atom stereocenters. The van der Waals surface area contributed by atoms with Gasteiger partial charge >= 0.3 is 0 Å². The summed E-state index contributed by atoms with van der Waals surface area (Å²) in [6.07, 6.45) is 3.61. The number of hydrogen-bond acceptors (Lipinski definition) is 7. The van der Waals surface area contributed by atoms with Crippen molar-refractivity contribution in [1.29, 1.82) is 0 Å². The van der Waals surface area contributed by atoms with Crippen LogP contribution in [0.2, 0.25) is 0 Å². The molecule has 0 unspecified atom stereocenters. The first-order valence-corrected chi connectivity index (χ1v) is 13.3. The minimum atomic E-state index is -1.00. The largest absolute Gasteiger partial charge is 0.493 e. The third-order valence-corrected chi connectivity index (χ3v) is 6.76. The maximum absolute atomic E-state index is 13.8. The third-order valence-electron chi connectivity index (χ3n) is 6.76. The van der Waals surface area contributed by atoms with E-state index >= 15 is 0 Å². The van der Waals surface area contributed by atoms with E-state index in [4.69, 9.17) is 18.6 Å². The van der Waals surface area contributed by atoms with Crippen molar-refractivity contribution >= 4 is 17.7 Å². The minimum absolute atomic E-state index is 0.0731. The zero-order chi connectivity index (χ0) is 28.3. The SMILES string of the molecule is COc1ccc([C@@H](C(=O)NC[C@@H]2CCCO2)N(CCc2ccccc2)C(=O)CNC(=O)c2ccco2)cc1OC. The van der Waals surface area contributed by atoms with Gasteiger partial charge in [-0.05, 0) is 54.7 Å². The Morgan fingerprint density at radius 2 is 1.80 bits per heavy atom. The topological polar surface area (TPSA) is 119 Å². The molecule has 1 aliphatic rings. The number of ether oxygens (including phenoxy) is 3. The molecule has 4 rings (SSSR count). The number of nitrogens with one attached hydrogen (secondary N) is 2. The molecule has 3 amide bonds. The molecule has 2 N–H and O–H groups in total. The maximum atomic E-state index is 13.8. The van der Waals surface area contributed by atoms with Crippen LogP contribution in [-0.2, 0) is 20.7 Å². The Kier molecular flexibility index (Phi) is 10.2. The van der Waals surface area contributed by atoms with Crippen LogP contribution in [0.5, 0.6) is 11.5 Å². The van der Waals surface area contributed by atoms with Crippen LogP contribution in [0.15, 0.2) is 71.3 Å². The number of carbonyl (C=O) groups is 3. The summed E-state index contributed by atoms with van der Waals surface area (Å²) in [5.74, 6) is -0.290. The summed E-state index contributed by atoms with van der Waals surface area (Å²) in [6.45, 7) is 0.901. The van der Waals surface area contributed by atoms with Crippen LogP contribution in [0.1, 0.15) is 40.6 Å². The summed E-state index contributed by atoms with van der Waals surface area (Å²) in [4.78, 5) is 41.5. The summed E-state index contributed by atoms with van der Waals surface area (Å²) in [5.41, 5.74) is 1.55. The van der Waals surface area contributed by atoms with Crippen LogP contribution in [0.4, 0.5) is 0 Å². The molecular weight excluding hydrogens is 514 g/mol. The van der Waals surface area contributed by atoms with E-state index in [-0.39, 0.29) is 30.9 Å². The van der Waals surface area contributed by atoms with E-state index < -0.39 is 17.9 Å². The number of methoxy groups -OCH3 is 2. The summed E-state index contributed by atoms with van der Waals surface area (Å²) < 4.78 is 21.7. The molecule has 2 heterocycles. The van der Waals surface area contributed by atoms with Gasteiger partial charge < -0.3 is 34.2 Å². The molecule has 1 fully saturated rings. The van der Waals surface area contributed by atoms with E-state index in [0.717, 1.165) is 18.4 Å². The molecule has 212 valence electrons. The average Bonchev–Trinajstić information content (AvgIpc) is 3.72. The maximum Gasteiger partial charge on any atom is 0.287 e. The number of nitrogens with zero attached hydrogens (tertiary/aromatic N) is 1. The van der Waals surface area contributed by atoms with Gasteiger partial charge in [0.2, 0.25) is 11.8 Å². The number of benzene rings is 2. The Hall–Kier alpha value is -4.31. The van der Waals surface area contributed by atoms with Crippen LogP contribution in [-0.4, -0.2) is 69.2 Å². The number of amides is 3. The van der Waals surface area contributed by atoms with E-state index in [9.17, 15) is 14.4 Å². The lowest BCUT2D eigenvalue weighted by Gasteiger charge is -2.32. The van der Waals surface area contributed by atoms with Crippen molar-refractivity contribution in [2.45, 2.75) is 31.4 Å². The van der Waals surface area contributed by atoms with Crippen molar-refractivity contribution in [3.05, 3.63) is 83.8 Å². The lowest BCUT2D eigenvalue weighted by Crippen LogP contribution is -2.49. The lowest BCUT2D eigenvalue weighted by molar-refractivity contribution is -0.140. The standard InChI is InChI=1S/C30H35N3O7/c1-37-24-13-12-22(18-26(24)38-2)28(30(36)31-19-23-10-6-16-39-23)33(15-14-21-8-4-3-5-9-21)27(34)20-32-29(35)25-11-7-17-40-25/h3-5,7-9,11-13,17-18,23,28H,6,10,14-16,19-20H2,1-2H3,(H,31,36)(H,32,35)/t23-,28-/m0/s1. The Labute approximate surface area is 233 Å². The number of furan rings is 1. The summed E-state index contributed by atoms with van der Waals surface area (Å²) in [6, 6.07) is 16.9.